The van der Waals surface area contributed by atoms with E-state index in [1.165, 1.54) is 9.87 Å². The van der Waals surface area contributed by atoms with Gasteiger partial charge in [0.2, 0.25) is 10.0 Å². The summed E-state index contributed by atoms with van der Waals surface area (Å²) in [5.74, 6) is 0. The van der Waals surface area contributed by atoms with Gasteiger partial charge in [-0.25, -0.2) is 8.42 Å². The highest BCUT2D eigenvalue weighted by atomic mass is 32.2. The van der Waals surface area contributed by atoms with E-state index >= 15 is 0 Å². The zero-order valence-corrected chi connectivity index (χ0v) is 12.5. The van der Waals surface area contributed by atoms with Crippen LogP contribution in [0, 0.1) is 0 Å². The minimum absolute atomic E-state index is 0.361. The predicted molar refractivity (Wildman–Crippen MR) is 83.4 cm³/mol. The fraction of sp³-hybridized carbons (Fsp3) is 0.176. The average molecular weight is 299 g/mol. The molecule has 1 heterocycles. The van der Waals surface area contributed by atoms with E-state index in [-0.39, 0.29) is 0 Å². The summed E-state index contributed by atoms with van der Waals surface area (Å²) in [5, 5.41) is 0. The van der Waals surface area contributed by atoms with E-state index in [9.17, 15) is 8.42 Å². The summed E-state index contributed by atoms with van der Waals surface area (Å²) in [6, 6.07) is 18.7. The first-order chi connectivity index (χ1) is 10.2. The number of sulfonamides is 1. The molecule has 3 nitrogen and oxygen atoms in total. The molecule has 4 heteroatoms. The SMILES string of the molecule is O=S(=O)(c1ccccc1)N1CC=C(Cc2ccccc2)C1. The van der Waals surface area contributed by atoms with Gasteiger partial charge in [0.15, 0.2) is 0 Å². The van der Waals surface area contributed by atoms with Crippen molar-refractivity contribution in [3.8, 4) is 0 Å². The van der Waals surface area contributed by atoms with Crippen molar-refractivity contribution >= 4 is 10.0 Å². The Hall–Kier alpha value is -1.91. The van der Waals surface area contributed by atoms with Crippen molar-refractivity contribution in [1.29, 1.82) is 0 Å². The molecule has 2 aromatic rings. The summed E-state index contributed by atoms with van der Waals surface area (Å²) >= 11 is 0. The molecule has 3 rings (SSSR count). The molecule has 0 N–H and O–H groups in total. The van der Waals surface area contributed by atoms with Crippen molar-refractivity contribution < 1.29 is 8.42 Å². The number of hydrogen-bond donors (Lipinski definition) is 0. The van der Waals surface area contributed by atoms with Crippen LogP contribution in [-0.4, -0.2) is 25.8 Å². The second-order valence-corrected chi connectivity index (χ2v) is 7.07. The Kier molecular flexibility index (Phi) is 3.90. The summed E-state index contributed by atoms with van der Waals surface area (Å²) in [7, 11) is -3.38. The molecule has 0 spiro atoms. The van der Waals surface area contributed by atoms with Crippen molar-refractivity contribution in [2.24, 2.45) is 0 Å². The lowest BCUT2D eigenvalue weighted by Crippen LogP contribution is -2.29. The van der Waals surface area contributed by atoms with Crippen LogP contribution in [0.2, 0.25) is 0 Å². The first kappa shape index (κ1) is 14.0. The first-order valence-corrected chi connectivity index (χ1v) is 8.37. The molecular weight excluding hydrogens is 282 g/mol. The van der Waals surface area contributed by atoms with Crippen LogP contribution in [0.4, 0.5) is 0 Å². The molecule has 0 saturated carbocycles. The molecule has 0 unspecified atom stereocenters. The van der Waals surface area contributed by atoms with Crippen LogP contribution in [0.5, 0.6) is 0 Å². The molecule has 0 aliphatic carbocycles. The van der Waals surface area contributed by atoms with Crippen molar-refractivity contribution in [2.75, 3.05) is 13.1 Å². The van der Waals surface area contributed by atoms with Crippen molar-refractivity contribution in [3.05, 3.63) is 77.9 Å². The average Bonchev–Trinajstić information content (AvgIpc) is 2.98. The van der Waals surface area contributed by atoms with Gasteiger partial charge in [-0.3, -0.25) is 0 Å². The summed E-state index contributed by atoms with van der Waals surface area (Å²) in [6.07, 6.45) is 2.83. The largest absolute Gasteiger partial charge is 0.243 e. The highest BCUT2D eigenvalue weighted by Gasteiger charge is 2.27. The van der Waals surface area contributed by atoms with Gasteiger partial charge in [0, 0.05) is 13.1 Å². The molecular formula is C17H17NO2S. The van der Waals surface area contributed by atoms with Crippen molar-refractivity contribution in [1.82, 2.24) is 4.31 Å². The number of nitrogens with zero attached hydrogens (tertiary/aromatic N) is 1. The molecule has 0 aromatic heterocycles. The van der Waals surface area contributed by atoms with Gasteiger partial charge in [-0.05, 0) is 24.1 Å². The number of rotatable bonds is 4. The van der Waals surface area contributed by atoms with E-state index in [0.29, 0.717) is 18.0 Å². The zero-order valence-electron chi connectivity index (χ0n) is 11.6. The Balaban J connectivity index is 1.72. The smallest absolute Gasteiger partial charge is 0.207 e. The monoisotopic (exact) mass is 299 g/mol. The molecule has 0 saturated heterocycles. The van der Waals surface area contributed by atoms with Crippen LogP contribution in [0.3, 0.4) is 0 Å². The maximum Gasteiger partial charge on any atom is 0.243 e. The number of benzene rings is 2. The minimum Gasteiger partial charge on any atom is -0.207 e. The molecule has 2 aromatic carbocycles. The molecule has 1 aliphatic heterocycles. The molecule has 1 aliphatic rings. The summed E-state index contributed by atoms with van der Waals surface area (Å²) in [6.45, 7) is 0.936. The maximum absolute atomic E-state index is 12.5. The van der Waals surface area contributed by atoms with E-state index in [1.54, 1.807) is 24.3 Å². The van der Waals surface area contributed by atoms with Crippen molar-refractivity contribution in [2.45, 2.75) is 11.3 Å². The second kappa shape index (κ2) is 5.84. The van der Waals surface area contributed by atoms with Crippen LogP contribution < -0.4 is 0 Å². The maximum atomic E-state index is 12.5. The normalized spacial score (nSPS) is 15.9. The molecule has 0 atom stereocenters. The van der Waals surface area contributed by atoms with E-state index in [4.69, 9.17) is 0 Å². The third kappa shape index (κ3) is 3.06. The van der Waals surface area contributed by atoms with Gasteiger partial charge in [-0.15, -0.1) is 0 Å². The molecule has 0 bridgehead atoms. The van der Waals surface area contributed by atoms with Gasteiger partial charge in [-0.1, -0.05) is 60.2 Å². The van der Waals surface area contributed by atoms with E-state index in [1.807, 2.05) is 30.3 Å². The molecule has 21 heavy (non-hydrogen) atoms. The standard InChI is InChI=1S/C17H17NO2S/c19-21(20,17-9-5-2-6-10-17)18-12-11-16(14-18)13-15-7-3-1-4-8-15/h1-11H,12-14H2. The lowest BCUT2D eigenvalue weighted by Gasteiger charge is -2.16. The van der Waals surface area contributed by atoms with Gasteiger partial charge < -0.3 is 0 Å². The van der Waals surface area contributed by atoms with Gasteiger partial charge in [0.1, 0.15) is 0 Å². The quantitative estimate of drug-likeness (QED) is 0.814. The van der Waals surface area contributed by atoms with Crippen LogP contribution >= 0.6 is 0 Å². The van der Waals surface area contributed by atoms with E-state index in [0.717, 1.165) is 12.0 Å². The Bertz CT molecular complexity index is 737. The Labute approximate surface area is 125 Å². The Morgan fingerprint density at radius 1 is 0.905 bits per heavy atom. The summed E-state index contributed by atoms with van der Waals surface area (Å²) < 4.78 is 26.6. The third-order valence-corrected chi connectivity index (χ3v) is 5.44. The van der Waals surface area contributed by atoms with Crippen LogP contribution in [0.1, 0.15) is 5.56 Å². The van der Waals surface area contributed by atoms with E-state index in [2.05, 4.69) is 12.1 Å². The van der Waals surface area contributed by atoms with E-state index < -0.39 is 10.0 Å². The van der Waals surface area contributed by atoms with Gasteiger partial charge in [0.25, 0.3) is 0 Å². The summed E-state index contributed by atoms with van der Waals surface area (Å²) in [4.78, 5) is 0.361. The Morgan fingerprint density at radius 3 is 2.19 bits per heavy atom. The summed E-state index contributed by atoms with van der Waals surface area (Å²) in [5.41, 5.74) is 2.36. The van der Waals surface area contributed by atoms with Crippen LogP contribution in [-0.2, 0) is 16.4 Å². The minimum atomic E-state index is -3.38. The fourth-order valence-electron chi connectivity index (χ4n) is 2.50. The molecule has 0 radical (unpaired) electrons. The second-order valence-electron chi connectivity index (χ2n) is 5.14. The highest BCUT2D eigenvalue weighted by Crippen LogP contribution is 2.22. The van der Waals surface area contributed by atoms with Crippen molar-refractivity contribution in [3.63, 3.8) is 0 Å². The first-order valence-electron chi connectivity index (χ1n) is 6.93. The lowest BCUT2D eigenvalue weighted by atomic mass is 10.1. The molecule has 0 amide bonds. The zero-order chi connectivity index (χ0) is 14.7. The highest BCUT2D eigenvalue weighted by molar-refractivity contribution is 7.89. The van der Waals surface area contributed by atoms with Crippen LogP contribution in [0.15, 0.2) is 77.2 Å². The predicted octanol–water partition coefficient (Wildman–Crippen LogP) is 2.86. The topological polar surface area (TPSA) is 37.4 Å². The van der Waals surface area contributed by atoms with Gasteiger partial charge in [0.05, 0.1) is 4.90 Å². The molecule has 108 valence electrons. The van der Waals surface area contributed by atoms with Gasteiger partial charge in [-0.2, -0.15) is 4.31 Å². The lowest BCUT2D eigenvalue weighted by molar-refractivity contribution is 0.483. The van der Waals surface area contributed by atoms with Gasteiger partial charge >= 0.3 is 0 Å². The van der Waals surface area contributed by atoms with Crippen LogP contribution in [0.25, 0.3) is 0 Å². The molecule has 0 fully saturated rings. The number of hydrogen-bond acceptors (Lipinski definition) is 2. The third-order valence-electron chi connectivity index (χ3n) is 3.62. The Morgan fingerprint density at radius 2 is 1.52 bits per heavy atom. The fourth-order valence-corrected chi connectivity index (χ4v) is 3.90.